The molecule has 1 heterocycles. The molecule has 0 aliphatic carbocycles. The summed E-state index contributed by atoms with van der Waals surface area (Å²) in [5.41, 5.74) is 1.16. The summed E-state index contributed by atoms with van der Waals surface area (Å²) in [5.74, 6) is -0.280. The van der Waals surface area contributed by atoms with Gasteiger partial charge in [-0.25, -0.2) is 17.6 Å². The number of benzene rings is 3. The fourth-order valence-corrected chi connectivity index (χ4v) is 5.22. The molecule has 1 N–H and O–H groups in total. The van der Waals surface area contributed by atoms with Crippen LogP contribution in [0.25, 0.3) is 0 Å². The number of carbonyl (C=O) groups is 1. The Bertz CT molecular complexity index is 1240. The summed E-state index contributed by atoms with van der Waals surface area (Å²) in [4.78, 5) is 12.5. The molecule has 0 fully saturated rings. The fourth-order valence-electron chi connectivity index (χ4n) is 3.66. The number of esters is 1. The first-order valence-corrected chi connectivity index (χ1v) is 11.2. The van der Waals surface area contributed by atoms with E-state index in [1.807, 2.05) is 0 Å². The number of halogens is 1. The van der Waals surface area contributed by atoms with Crippen LogP contribution in [0.3, 0.4) is 0 Å². The highest BCUT2D eigenvalue weighted by molar-refractivity contribution is 7.89. The van der Waals surface area contributed by atoms with Gasteiger partial charge in [0.25, 0.3) is 0 Å². The van der Waals surface area contributed by atoms with Gasteiger partial charge in [0.05, 0.1) is 12.0 Å². The van der Waals surface area contributed by atoms with Crippen molar-refractivity contribution >= 4 is 16.0 Å². The summed E-state index contributed by atoms with van der Waals surface area (Å²) < 4.78 is 51.4. The van der Waals surface area contributed by atoms with Gasteiger partial charge in [0.2, 0.25) is 10.0 Å². The third-order valence-corrected chi connectivity index (χ3v) is 7.09. The van der Waals surface area contributed by atoms with E-state index in [1.165, 1.54) is 73.8 Å². The molecule has 1 atom stereocenters. The van der Waals surface area contributed by atoms with Crippen molar-refractivity contribution in [2.45, 2.75) is 17.4 Å². The molecule has 0 bridgehead atoms. The second kappa shape index (κ2) is 8.60. The number of ether oxygens (including phenoxy) is 2. The van der Waals surface area contributed by atoms with Gasteiger partial charge in [0.1, 0.15) is 29.1 Å². The zero-order chi connectivity index (χ0) is 22.9. The lowest BCUT2D eigenvalue weighted by molar-refractivity contribution is -0.145. The van der Waals surface area contributed by atoms with E-state index in [0.717, 1.165) is 4.31 Å². The van der Waals surface area contributed by atoms with Gasteiger partial charge in [-0.1, -0.05) is 6.07 Å². The highest BCUT2D eigenvalue weighted by atomic mass is 32.2. The lowest BCUT2D eigenvalue weighted by Gasteiger charge is -2.34. The summed E-state index contributed by atoms with van der Waals surface area (Å²) in [7, 11) is -2.85. The molecule has 4 rings (SSSR count). The molecule has 1 aliphatic heterocycles. The van der Waals surface area contributed by atoms with E-state index in [0.29, 0.717) is 29.0 Å². The van der Waals surface area contributed by atoms with Crippen molar-refractivity contribution in [3.05, 3.63) is 83.7 Å². The van der Waals surface area contributed by atoms with E-state index in [4.69, 9.17) is 9.47 Å². The van der Waals surface area contributed by atoms with Crippen molar-refractivity contribution in [1.82, 2.24) is 4.31 Å². The molecule has 0 saturated heterocycles. The lowest BCUT2D eigenvalue weighted by atomic mass is 9.94. The number of fused-ring (bicyclic) bond motifs is 1. The first-order chi connectivity index (χ1) is 15.3. The van der Waals surface area contributed by atoms with Gasteiger partial charge in [-0.3, -0.25) is 0 Å². The summed E-state index contributed by atoms with van der Waals surface area (Å²) in [6.45, 7) is 0.0480. The van der Waals surface area contributed by atoms with Crippen LogP contribution >= 0.6 is 0 Å². The molecule has 9 heteroatoms. The van der Waals surface area contributed by atoms with Gasteiger partial charge < -0.3 is 14.6 Å². The van der Waals surface area contributed by atoms with Crippen molar-refractivity contribution in [2.24, 2.45) is 0 Å². The van der Waals surface area contributed by atoms with E-state index in [2.05, 4.69) is 0 Å². The Hall–Kier alpha value is -3.43. The van der Waals surface area contributed by atoms with Gasteiger partial charge in [0, 0.05) is 6.54 Å². The number of sulfonamides is 1. The first-order valence-electron chi connectivity index (χ1n) is 9.74. The maximum atomic E-state index is 13.4. The molecule has 3 aromatic rings. The number of aromatic hydroxyl groups is 1. The Kier molecular flexibility index (Phi) is 5.86. The largest absolute Gasteiger partial charge is 0.508 e. The standard InChI is InChI=1S/C23H20FNO6S/c1-30-23(27)22-21-11-4-17(26)14-15(21)12-13-25(22)32(28,29)20-9-7-19(8-10-20)31-18-5-2-16(24)3-6-18/h2-11,14,22,26H,12-13H2,1H3. The summed E-state index contributed by atoms with van der Waals surface area (Å²) in [5, 5.41) is 9.74. The molecular formula is C23H20FNO6S. The van der Waals surface area contributed by atoms with Crippen LogP contribution in [0.2, 0.25) is 0 Å². The predicted octanol–water partition coefficient (Wildman–Crippen LogP) is 3.78. The fraction of sp³-hybridized carbons (Fsp3) is 0.174. The first kappa shape index (κ1) is 21.8. The number of hydrogen-bond donors (Lipinski definition) is 1. The number of nitrogens with zero attached hydrogens (tertiary/aromatic N) is 1. The Morgan fingerprint density at radius 2 is 1.66 bits per heavy atom. The minimum atomic E-state index is -4.05. The number of methoxy groups -OCH3 is 1. The third-order valence-electron chi connectivity index (χ3n) is 5.21. The zero-order valence-corrected chi connectivity index (χ0v) is 17.9. The molecule has 1 aliphatic rings. The number of phenols is 1. The molecule has 32 heavy (non-hydrogen) atoms. The second-order valence-corrected chi connectivity index (χ2v) is 9.09. The number of hydrogen-bond acceptors (Lipinski definition) is 6. The van der Waals surface area contributed by atoms with Crippen LogP contribution in [0.5, 0.6) is 17.2 Å². The van der Waals surface area contributed by atoms with Crippen LogP contribution < -0.4 is 4.74 Å². The molecule has 1 unspecified atom stereocenters. The topological polar surface area (TPSA) is 93.1 Å². The average Bonchev–Trinajstić information content (AvgIpc) is 2.79. The highest BCUT2D eigenvalue weighted by Gasteiger charge is 2.41. The van der Waals surface area contributed by atoms with Crippen LogP contribution in [0, 0.1) is 5.82 Å². The van der Waals surface area contributed by atoms with Crippen molar-refractivity contribution in [3.8, 4) is 17.2 Å². The van der Waals surface area contributed by atoms with Crippen molar-refractivity contribution in [1.29, 1.82) is 0 Å². The van der Waals surface area contributed by atoms with E-state index < -0.39 is 27.9 Å². The minimum Gasteiger partial charge on any atom is -0.508 e. The smallest absolute Gasteiger partial charge is 0.328 e. The monoisotopic (exact) mass is 457 g/mol. The molecule has 0 aromatic heterocycles. The van der Waals surface area contributed by atoms with Crippen LogP contribution in [-0.4, -0.2) is 37.5 Å². The molecule has 0 radical (unpaired) electrons. The average molecular weight is 457 g/mol. The van der Waals surface area contributed by atoms with E-state index >= 15 is 0 Å². The Morgan fingerprint density at radius 1 is 1.03 bits per heavy atom. The van der Waals surface area contributed by atoms with Gasteiger partial charge in [0.15, 0.2) is 0 Å². The van der Waals surface area contributed by atoms with E-state index in [9.17, 15) is 22.7 Å². The van der Waals surface area contributed by atoms with Crippen LogP contribution in [0.4, 0.5) is 4.39 Å². The van der Waals surface area contributed by atoms with E-state index in [-0.39, 0.29) is 17.2 Å². The molecule has 0 saturated carbocycles. The van der Waals surface area contributed by atoms with E-state index in [1.54, 1.807) is 0 Å². The van der Waals surface area contributed by atoms with Crippen molar-refractivity contribution in [2.75, 3.05) is 13.7 Å². The van der Waals surface area contributed by atoms with Gasteiger partial charge in [-0.2, -0.15) is 4.31 Å². The molecule has 7 nitrogen and oxygen atoms in total. The van der Waals surface area contributed by atoms with Gasteiger partial charge in [-0.05, 0) is 78.2 Å². The third kappa shape index (κ3) is 4.17. The Labute approximate surface area is 184 Å². The SMILES string of the molecule is COC(=O)C1c2ccc(O)cc2CCN1S(=O)(=O)c1ccc(Oc2ccc(F)cc2)cc1. The van der Waals surface area contributed by atoms with Gasteiger partial charge >= 0.3 is 5.97 Å². The molecular weight excluding hydrogens is 437 g/mol. The number of carbonyl (C=O) groups excluding carboxylic acids is 1. The molecule has 0 spiro atoms. The van der Waals surface area contributed by atoms with Crippen LogP contribution in [-0.2, 0) is 26.0 Å². The quantitative estimate of drug-likeness (QED) is 0.586. The maximum absolute atomic E-state index is 13.4. The second-order valence-electron chi connectivity index (χ2n) is 7.20. The summed E-state index contributed by atoms with van der Waals surface area (Å²) in [6, 6.07) is 14.5. The zero-order valence-electron chi connectivity index (χ0n) is 17.1. The van der Waals surface area contributed by atoms with Crippen molar-refractivity contribution in [3.63, 3.8) is 0 Å². The molecule has 0 amide bonds. The van der Waals surface area contributed by atoms with Crippen molar-refractivity contribution < 1.29 is 32.2 Å². The predicted molar refractivity (Wildman–Crippen MR) is 113 cm³/mol. The lowest BCUT2D eigenvalue weighted by Crippen LogP contribution is -2.43. The Balaban J connectivity index is 1.63. The molecule has 166 valence electrons. The number of rotatable bonds is 5. The van der Waals surface area contributed by atoms with Crippen LogP contribution in [0.15, 0.2) is 71.6 Å². The molecule has 3 aromatic carbocycles. The maximum Gasteiger partial charge on any atom is 0.328 e. The summed E-state index contributed by atoms with van der Waals surface area (Å²) in [6.07, 6.45) is 0.336. The van der Waals surface area contributed by atoms with Gasteiger partial charge in [-0.15, -0.1) is 0 Å². The minimum absolute atomic E-state index is 0.0138. The highest BCUT2D eigenvalue weighted by Crippen LogP contribution is 2.37. The number of phenolic OH excluding ortho intramolecular Hbond substituents is 1. The normalized spacial score (nSPS) is 16.2. The Morgan fingerprint density at radius 3 is 2.28 bits per heavy atom. The van der Waals surface area contributed by atoms with Crippen LogP contribution in [0.1, 0.15) is 17.2 Å². The summed E-state index contributed by atoms with van der Waals surface area (Å²) >= 11 is 0.